The van der Waals surface area contributed by atoms with E-state index in [1.807, 2.05) is 12.1 Å². The van der Waals surface area contributed by atoms with Crippen molar-refractivity contribution in [3.8, 4) is 5.75 Å². The lowest BCUT2D eigenvalue weighted by atomic mass is 10.1. The highest BCUT2D eigenvalue weighted by Crippen LogP contribution is 2.31. The first-order valence-corrected chi connectivity index (χ1v) is 9.20. The highest BCUT2D eigenvalue weighted by molar-refractivity contribution is 6.02. The molecule has 4 nitrogen and oxygen atoms in total. The number of anilines is 1. The third kappa shape index (κ3) is 4.45. The molecule has 0 fully saturated rings. The summed E-state index contributed by atoms with van der Waals surface area (Å²) in [6.45, 7) is 0.148. The molecule has 1 aliphatic rings. The normalized spacial score (nSPS) is 13.2. The first kappa shape index (κ1) is 19.1. The number of halogens is 3. The smallest absolute Gasteiger partial charge is 0.416 e. The van der Waals surface area contributed by atoms with E-state index in [9.17, 15) is 18.0 Å². The molecule has 1 aromatic heterocycles. The molecular formula is C22H18F3NO3. The fourth-order valence-corrected chi connectivity index (χ4v) is 3.34. The maximum absolute atomic E-state index is 12.8. The predicted octanol–water partition coefficient (Wildman–Crippen LogP) is 5.62. The van der Waals surface area contributed by atoms with Gasteiger partial charge in [0.05, 0.1) is 5.56 Å². The van der Waals surface area contributed by atoms with Crippen LogP contribution >= 0.6 is 0 Å². The number of benzene rings is 2. The Balaban J connectivity index is 1.38. The van der Waals surface area contributed by atoms with Crippen molar-refractivity contribution >= 4 is 11.6 Å². The van der Waals surface area contributed by atoms with Crippen molar-refractivity contribution in [2.24, 2.45) is 0 Å². The number of ether oxygens (including phenoxy) is 1. The first-order valence-electron chi connectivity index (χ1n) is 9.20. The Kier molecular flexibility index (Phi) is 5.05. The van der Waals surface area contributed by atoms with Gasteiger partial charge in [-0.25, -0.2) is 0 Å². The van der Waals surface area contributed by atoms with E-state index >= 15 is 0 Å². The number of fused-ring (bicyclic) bond motifs is 1. The second kappa shape index (κ2) is 7.66. The molecule has 1 heterocycles. The lowest BCUT2D eigenvalue weighted by molar-refractivity contribution is -0.137. The Morgan fingerprint density at radius 2 is 1.86 bits per heavy atom. The summed E-state index contributed by atoms with van der Waals surface area (Å²) < 4.78 is 49.6. The van der Waals surface area contributed by atoms with Gasteiger partial charge in [0.25, 0.3) is 5.91 Å². The number of carbonyl (C=O) groups excluding carboxylic acids is 1. The summed E-state index contributed by atoms with van der Waals surface area (Å²) in [5.74, 6) is 0.541. The molecule has 1 N–H and O–H groups in total. The van der Waals surface area contributed by atoms with Gasteiger partial charge in [-0.1, -0.05) is 12.1 Å². The molecule has 3 aromatic rings. The first-order chi connectivity index (χ1) is 13.9. The topological polar surface area (TPSA) is 51.5 Å². The largest absolute Gasteiger partial charge is 0.486 e. The van der Waals surface area contributed by atoms with Gasteiger partial charge in [0.15, 0.2) is 5.76 Å². The molecule has 4 rings (SSSR count). The van der Waals surface area contributed by atoms with Crippen LogP contribution in [-0.4, -0.2) is 5.91 Å². The second-order valence-corrected chi connectivity index (χ2v) is 6.87. The molecule has 0 unspecified atom stereocenters. The lowest BCUT2D eigenvalue weighted by Crippen LogP contribution is -2.12. The van der Waals surface area contributed by atoms with Crippen LogP contribution in [0.1, 0.15) is 39.4 Å². The van der Waals surface area contributed by atoms with E-state index in [2.05, 4.69) is 11.4 Å². The monoisotopic (exact) mass is 401 g/mol. The van der Waals surface area contributed by atoms with Crippen molar-refractivity contribution in [2.75, 3.05) is 5.32 Å². The summed E-state index contributed by atoms with van der Waals surface area (Å²) in [6.07, 6.45) is -1.18. The Morgan fingerprint density at radius 3 is 2.69 bits per heavy atom. The van der Waals surface area contributed by atoms with Gasteiger partial charge in [0, 0.05) is 5.69 Å². The van der Waals surface area contributed by atoms with E-state index in [1.165, 1.54) is 29.3 Å². The van der Waals surface area contributed by atoms with E-state index in [4.69, 9.17) is 9.15 Å². The van der Waals surface area contributed by atoms with Gasteiger partial charge in [-0.3, -0.25) is 4.79 Å². The van der Waals surface area contributed by atoms with Crippen LogP contribution in [0.2, 0.25) is 0 Å². The molecule has 7 heteroatoms. The van der Waals surface area contributed by atoms with Crippen molar-refractivity contribution in [3.05, 3.63) is 82.8 Å². The molecule has 0 bridgehead atoms. The minimum atomic E-state index is -4.48. The van der Waals surface area contributed by atoms with Gasteiger partial charge >= 0.3 is 6.18 Å². The quantitative estimate of drug-likeness (QED) is 0.604. The summed E-state index contributed by atoms with van der Waals surface area (Å²) in [5.41, 5.74) is 1.85. The fourth-order valence-electron chi connectivity index (χ4n) is 3.34. The lowest BCUT2D eigenvalue weighted by Gasteiger charge is -2.09. The van der Waals surface area contributed by atoms with Crippen molar-refractivity contribution < 1.29 is 27.1 Å². The van der Waals surface area contributed by atoms with Crippen LogP contribution in [-0.2, 0) is 25.6 Å². The summed E-state index contributed by atoms with van der Waals surface area (Å²) in [4.78, 5) is 12.3. The fraction of sp³-hybridized carbons (Fsp3) is 0.227. The highest BCUT2D eigenvalue weighted by Gasteiger charge is 2.30. The van der Waals surface area contributed by atoms with Crippen LogP contribution in [0.3, 0.4) is 0 Å². The molecule has 0 saturated heterocycles. The maximum Gasteiger partial charge on any atom is 0.416 e. The van der Waals surface area contributed by atoms with Crippen molar-refractivity contribution in [1.29, 1.82) is 0 Å². The Morgan fingerprint density at radius 1 is 1.03 bits per heavy atom. The third-order valence-electron chi connectivity index (χ3n) is 4.78. The SMILES string of the molecule is O=C(Nc1cccc(C(F)(F)F)c1)c1ccc(COc2ccc3c(c2)CCC3)o1. The summed E-state index contributed by atoms with van der Waals surface area (Å²) in [6, 6.07) is 13.5. The zero-order valence-corrected chi connectivity index (χ0v) is 15.4. The maximum atomic E-state index is 12.8. The zero-order valence-electron chi connectivity index (χ0n) is 15.4. The summed E-state index contributed by atoms with van der Waals surface area (Å²) >= 11 is 0. The molecule has 29 heavy (non-hydrogen) atoms. The Bertz CT molecular complexity index is 1040. The third-order valence-corrected chi connectivity index (χ3v) is 4.78. The van der Waals surface area contributed by atoms with Crippen LogP contribution in [0.15, 0.2) is 59.0 Å². The molecule has 0 aliphatic heterocycles. The zero-order chi connectivity index (χ0) is 20.4. The van der Waals surface area contributed by atoms with Crippen LogP contribution in [0, 0.1) is 0 Å². The number of aryl methyl sites for hydroxylation is 2. The average molecular weight is 401 g/mol. The molecular weight excluding hydrogens is 383 g/mol. The number of alkyl halides is 3. The molecule has 1 amide bonds. The van der Waals surface area contributed by atoms with Gasteiger partial charge in [-0.2, -0.15) is 13.2 Å². The second-order valence-electron chi connectivity index (χ2n) is 6.87. The van der Waals surface area contributed by atoms with Gasteiger partial charge in [-0.05, 0) is 72.9 Å². The standard InChI is InChI=1S/C22H18F3NO3/c23-22(24,25)16-5-2-6-17(12-16)26-21(27)20-10-9-19(29-20)13-28-18-8-7-14-3-1-4-15(14)11-18/h2,5-12H,1,3-4,13H2,(H,26,27). The highest BCUT2D eigenvalue weighted by atomic mass is 19.4. The summed E-state index contributed by atoms with van der Waals surface area (Å²) in [5, 5.41) is 2.41. The minimum absolute atomic E-state index is 0.00466. The number of rotatable bonds is 5. The Labute approximate surface area is 165 Å². The number of hydrogen-bond acceptors (Lipinski definition) is 3. The van der Waals surface area contributed by atoms with E-state index in [1.54, 1.807) is 6.07 Å². The molecule has 0 atom stereocenters. The number of amides is 1. The van der Waals surface area contributed by atoms with Crippen LogP contribution in [0.25, 0.3) is 0 Å². The number of nitrogens with one attached hydrogen (secondary N) is 1. The van der Waals surface area contributed by atoms with E-state index in [0.717, 1.165) is 37.1 Å². The van der Waals surface area contributed by atoms with Gasteiger partial charge in [0.1, 0.15) is 18.1 Å². The van der Waals surface area contributed by atoms with Gasteiger partial charge in [-0.15, -0.1) is 0 Å². The molecule has 0 radical (unpaired) electrons. The van der Waals surface area contributed by atoms with E-state index in [-0.39, 0.29) is 18.1 Å². The Hall–Kier alpha value is -3.22. The summed E-state index contributed by atoms with van der Waals surface area (Å²) in [7, 11) is 0. The predicted molar refractivity (Wildman–Crippen MR) is 101 cm³/mol. The molecule has 150 valence electrons. The van der Waals surface area contributed by atoms with Crippen molar-refractivity contribution in [2.45, 2.75) is 32.0 Å². The van der Waals surface area contributed by atoms with Crippen molar-refractivity contribution in [3.63, 3.8) is 0 Å². The van der Waals surface area contributed by atoms with Crippen molar-refractivity contribution in [1.82, 2.24) is 0 Å². The van der Waals surface area contributed by atoms with Gasteiger partial charge in [0.2, 0.25) is 0 Å². The number of hydrogen-bond donors (Lipinski definition) is 1. The van der Waals surface area contributed by atoms with Crippen LogP contribution in [0.5, 0.6) is 5.75 Å². The van der Waals surface area contributed by atoms with E-state index in [0.29, 0.717) is 5.76 Å². The average Bonchev–Trinajstić information content (AvgIpc) is 3.35. The molecule has 0 spiro atoms. The van der Waals surface area contributed by atoms with Crippen LogP contribution < -0.4 is 10.1 Å². The minimum Gasteiger partial charge on any atom is -0.486 e. The molecule has 1 aliphatic carbocycles. The van der Waals surface area contributed by atoms with Gasteiger partial charge < -0.3 is 14.5 Å². The van der Waals surface area contributed by atoms with Crippen LogP contribution in [0.4, 0.5) is 18.9 Å². The number of carbonyl (C=O) groups is 1. The molecule has 2 aromatic carbocycles. The molecule has 0 saturated carbocycles. The number of furan rings is 1. The van der Waals surface area contributed by atoms with E-state index < -0.39 is 17.6 Å².